The molecule has 0 saturated heterocycles. The standard InChI is InChI=1S/C21H28N2O4/c1-21(2,3)13-12-16(20(25)26)23-18(24)10-7-11-19-22-14-17(27-19)15-8-5-4-6-9-15/h4-6,8-9,14,16H,7,10-13H2,1-3H3,(H,23,24)(H,25,26). The van der Waals surface area contributed by atoms with Crippen LogP contribution in [0.25, 0.3) is 11.3 Å². The molecule has 1 atom stereocenters. The number of nitrogens with zero attached hydrogens (tertiary/aromatic N) is 1. The molecule has 0 aliphatic heterocycles. The van der Waals surface area contributed by atoms with Crippen molar-refractivity contribution < 1.29 is 19.1 Å². The third kappa shape index (κ3) is 7.25. The van der Waals surface area contributed by atoms with Crippen molar-refractivity contribution in [2.45, 2.75) is 58.9 Å². The Morgan fingerprint density at radius 1 is 1.22 bits per heavy atom. The number of carbonyl (C=O) groups excluding carboxylic acids is 1. The summed E-state index contributed by atoms with van der Waals surface area (Å²) in [7, 11) is 0. The van der Waals surface area contributed by atoms with E-state index < -0.39 is 12.0 Å². The quantitative estimate of drug-likeness (QED) is 0.692. The average Bonchev–Trinajstić information content (AvgIpc) is 3.07. The summed E-state index contributed by atoms with van der Waals surface area (Å²) in [5.74, 6) is 0.0197. The molecule has 1 heterocycles. The van der Waals surface area contributed by atoms with Gasteiger partial charge in [0.25, 0.3) is 0 Å². The van der Waals surface area contributed by atoms with E-state index in [1.165, 1.54) is 0 Å². The fourth-order valence-electron chi connectivity index (χ4n) is 2.66. The van der Waals surface area contributed by atoms with Gasteiger partial charge >= 0.3 is 5.97 Å². The predicted molar refractivity (Wildman–Crippen MR) is 103 cm³/mol. The molecule has 0 aliphatic rings. The topological polar surface area (TPSA) is 92.4 Å². The van der Waals surface area contributed by atoms with Crippen molar-refractivity contribution in [2.75, 3.05) is 0 Å². The lowest BCUT2D eigenvalue weighted by Crippen LogP contribution is -2.41. The van der Waals surface area contributed by atoms with Crippen LogP contribution in [-0.2, 0) is 16.0 Å². The van der Waals surface area contributed by atoms with Crippen molar-refractivity contribution in [3.05, 3.63) is 42.4 Å². The van der Waals surface area contributed by atoms with E-state index in [9.17, 15) is 14.7 Å². The Balaban J connectivity index is 1.78. The largest absolute Gasteiger partial charge is 0.480 e. The van der Waals surface area contributed by atoms with Crippen molar-refractivity contribution in [2.24, 2.45) is 5.41 Å². The number of carboxylic acid groups (broad SMARTS) is 1. The summed E-state index contributed by atoms with van der Waals surface area (Å²) in [6.45, 7) is 6.15. The van der Waals surface area contributed by atoms with Gasteiger partial charge in [0.15, 0.2) is 11.7 Å². The van der Waals surface area contributed by atoms with Gasteiger partial charge in [-0.15, -0.1) is 0 Å². The van der Waals surface area contributed by atoms with Crippen molar-refractivity contribution in [1.82, 2.24) is 10.3 Å². The fourth-order valence-corrected chi connectivity index (χ4v) is 2.66. The molecule has 1 amide bonds. The minimum Gasteiger partial charge on any atom is -0.480 e. The first-order valence-electron chi connectivity index (χ1n) is 9.27. The Bertz CT molecular complexity index is 747. The summed E-state index contributed by atoms with van der Waals surface area (Å²) in [6.07, 6.45) is 4.14. The molecule has 0 saturated carbocycles. The first-order valence-corrected chi connectivity index (χ1v) is 9.27. The maximum absolute atomic E-state index is 12.1. The van der Waals surface area contributed by atoms with E-state index in [1.807, 2.05) is 51.1 Å². The van der Waals surface area contributed by atoms with Gasteiger partial charge in [0.05, 0.1) is 6.20 Å². The molecule has 1 aromatic heterocycles. The van der Waals surface area contributed by atoms with Crippen molar-refractivity contribution in [1.29, 1.82) is 0 Å². The number of oxazole rings is 1. The van der Waals surface area contributed by atoms with Crippen LogP contribution in [0.5, 0.6) is 0 Å². The summed E-state index contributed by atoms with van der Waals surface area (Å²) >= 11 is 0. The smallest absolute Gasteiger partial charge is 0.326 e. The van der Waals surface area contributed by atoms with E-state index in [0.29, 0.717) is 30.9 Å². The maximum atomic E-state index is 12.1. The fraction of sp³-hybridized carbons (Fsp3) is 0.476. The first kappa shape index (κ1) is 20.7. The normalized spacial score (nSPS) is 12.6. The second kappa shape index (κ2) is 9.35. The first-order chi connectivity index (χ1) is 12.7. The Labute approximate surface area is 160 Å². The highest BCUT2D eigenvalue weighted by Crippen LogP contribution is 2.22. The lowest BCUT2D eigenvalue weighted by Gasteiger charge is -2.21. The van der Waals surface area contributed by atoms with Crippen molar-refractivity contribution >= 4 is 11.9 Å². The summed E-state index contributed by atoms with van der Waals surface area (Å²) < 4.78 is 5.71. The number of carbonyl (C=O) groups is 2. The molecule has 0 fully saturated rings. The molecule has 6 heteroatoms. The Hall–Kier alpha value is -2.63. The van der Waals surface area contributed by atoms with E-state index in [0.717, 1.165) is 12.0 Å². The number of aliphatic carboxylic acids is 1. The second-order valence-corrected chi connectivity index (χ2v) is 7.90. The van der Waals surface area contributed by atoms with E-state index >= 15 is 0 Å². The molecule has 27 heavy (non-hydrogen) atoms. The second-order valence-electron chi connectivity index (χ2n) is 7.90. The third-order valence-corrected chi connectivity index (χ3v) is 4.22. The van der Waals surface area contributed by atoms with Gasteiger partial charge in [0, 0.05) is 18.4 Å². The zero-order chi connectivity index (χ0) is 19.9. The van der Waals surface area contributed by atoms with Crippen LogP contribution in [0.1, 0.15) is 52.3 Å². The average molecular weight is 372 g/mol. The zero-order valence-electron chi connectivity index (χ0n) is 16.2. The summed E-state index contributed by atoms with van der Waals surface area (Å²) in [6, 6.07) is 8.84. The van der Waals surface area contributed by atoms with Gasteiger partial charge < -0.3 is 14.8 Å². The zero-order valence-corrected chi connectivity index (χ0v) is 16.2. The Kier molecular flexibility index (Phi) is 7.16. The molecule has 2 aromatic rings. The Morgan fingerprint density at radius 3 is 2.56 bits per heavy atom. The van der Waals surface area contributed by atoms with Gasteiger partial charge in [0.2, 0.25) is 5.91 Å². The number of hydrogen-bond acceptors (Lipinski definition) is 4. The molecular weight excluding hydrogens is 344 g/mol. The van der Waals surface area contributed by atoms with Gasteiger partial charge in [0.1, 0.15) is 6.04 Å². The molecule has 0 spiro atoms. The van der Waals surface area contributed by atoms with E-state index in [2.05, 4.69) is 10.3 Å². The lowest BCUT2D eigenvalue weighted by atomic mass is 9.88. The number of nitrogens with one attached hydrogen (secondary N) is 1. The van der Waals surface area contributed by atoms with Gasteiger partial charge in [-0.1, -0.05) is 51.1 Å². The van der Waals surface area contributed by atoms with E-state index in [4.69, 9.17) is 4.42 Å². The highest BCUT2D eigenvalue weighted by Gasteiger charge is 2.22. The lowest BCUT2D eigenvalue weighted by molar-refractivity contribution is -0.142. The van der Waals surface area contributed by atoms with Crippen molar-refractivity contribution in [3.8, 4) is 11.3 Å². The molecule has 1 aromatic carbocycles. The van der Waals surface area contributed by atoms with Crippen LogP contribution in [0, 0.1) is 5.41 Å². The molecule has 6 nitrogen and oxygen atoms in total. The van der Waals surface area contributed by atoms with Gasteiger partial charge in [-0.3, -0.25) is 4.79 Å². The molecule has 0 radical (unpaired) electrons. The molecule has 0 aliphatic carbocycles. The molecule has 0 bridgehead atoms. The highest BCUT2D eigenvalue weighted by atomic mass is 16.4. The number of aryl methyl sites for hydroxylation is 1. The van der Waals surface area contributed by atoms with Gasteiger partial charge in [-0.2, -0.15) is 0 Å². The van der Waals surface area contributed by atoms with Crippen LogP contribution >= 0.6 is 0 Å². The van der Waals surface area contributed by atoms with Crippen LogP contribution in [0.3, 0.4) is 0 Å². The molecular formula is C21H28N2O4. The number of carboxylic acids is 1. The Morgan fingerprint density at radius 2 is 1.93 bits per heavy atom. The molecule has 1 unspecified atom stereocenters. The minimum absolute atomic E-state index is 0.0276. The van der Waals surface area contributed by atoms with Crippen LogP contribution in [0.15, 0.2) is 40.9 Å². The molecule has 146 valence electrons. The van der Waals surface area contributed by atoms with E-state index in [-0.39, 0.29) is 17.7 Å². The molecule has 2 N–H and O–H groups in total. The van der Waals surface area contributed by atoms with Crippen LogP contribution in [-0.4, -0.2) is 28.0 Å². The van der Waals surface area contributed by atoms with E-state index in [1.54, 1.807) is 6.20 Å². The number of hydrogen-bond donors (Lipinski definition) is 2. The monoisotopic (exact) mass is 372 g/mol. The number of aromatic nitrogens is 1. The number of amides is 1. The maximum Gasteiger partial charge on any atom is 0.326 e. The third-order valence-electron chi connectivity index (χ3n) is 4.22. The van der Waals surface area contributed by atoms with Crippen LogP contribution in [0.4, 0.5) is 0 Å². The van der Waals surface area contributed by atoms with Crippen LogP contribution in [0.2, 0.25) is 0 Å². The number of rotatable bonds is 9. The SMILES string of the molecule is CC(C)(C)CCC(NC(=O)CCCc1ncc(-c2ccccc2)o1)C(=O)O. The summed E-state index contributed by atoms with van der Waals surface area (Å²) in [5.41, 5.74) is 0.983. The van der Waals surface area contributed by atoms with Crippen molar-refractivity contribution in [3.63, 3.8) is 0 Å². The summed E-state index contributed by atoms with van der Waals surface area (Å²) in [5, 5.41) is 11.9. The van der Waals surface area contributed by atoms with Gasteiger partial charge in [-0.25, -0.2) is 9.78 Å². The van der Waals surface area contributed by atoms with Crippen LogP contribution < -0.4 is 5.32 Å². The predicted octanol–water partition coefficient (Wildman–Crippen LogP) is 4.06. The minimum atomic E-state index is -0.993. The highest BCUT2D eigenvalue weighted by molar-refractivity contribution is 5.83. The van der Waals surface area contributed by atoms with Gasteiger partial charge in [-0.05, 0) is 24.7 Å². The number of benzene rings is 1. The summed E-state index contributed by atoms with van der Waals surface area (Å²) in [4.78, 5) is 27.7. The molecule has 2 rings (SSSR count).